The summed E-state index contributed by atoms with van der Waals surface area (Å²) >= 11 is 5.94. The molecule has 1 aliphatic heterocycles. The Balaban J connectivity index is 1.72. The molecule has 2 nitrogen and oxygen atoms in total. The van der Waals surface area contributed by atoms with Crippen LogP contribution in [0.2, 0.25) is 5.02 Å². The highest BCUT2D eigenvalue weighted by molar-refractivity contribution is 6.35. The molecule has 0 bridgehead atoms. The second-order valence-electron chi connectivity index (χ2n) is 6.14. The standard InChI is InChI=1S/C22H15ClFNO/c23-17-9-5-15(6-10-17)13-20-19-3-1-2-4-21(19)25(22(20)26)14-16-7-11-18(24)12-8-16/h1-13H,14H2/b20-13-. The molecule has 3 aromatic rings. The predicted molar refractivity (Wildman–Crippen MR) is 103 cm³/mol. The molecular formula is C22H15ClFNO. The molecule has 128 valence electrons. The van der Waals surface area contributed by atoms with Gasteiger partial charge >= 0.3 is 0 Å². The van der Waals surface area contributed by atoms with Crippen LogP contribution >= 0.6 is 11.6 Å². The second-order valence-corrected chi connectivity index (χ2v) is 6.58. The van der Waals surface area contributed by atoms with Crippen molar-refractivity contribution in [2.45, 2.75) is 6.54 Å². The van der Waals surface area contributed by atoms with Crippen LogP contribution in [0.3, 0.4) is 0 Å². The van der Waals surface area contributed by atoms with Crippen LogP contribution in [-0.4, -0.2) is 5.91 Å². The number of hydrogen-bond acceptors (Lipinski definition) is 1. The van der Waals surface area contributed by atoms with Gasteiger partial charge in [0.15, 0.2) is 0 Å². The molecule has 1 amide bonds. The molecule has 26 heavy (non-hydrogen) atoms. The van der Waals surface area contributed by atoms with E-state index in [1.165, 1.54) is 12.1 Å². The summed E-state index contributed by atoms with van der Waals surface area (Å²) in [7, 11) is 0. The summed E-state index contributed by atoms with van der Waals surface area (Å²) < 4.78 is 13.1. The molecular weight excluding hydrogens is 349 g/mol. The smallest absolute Gasteiger partial charge is 0.259 e. The van der Waals surface area contributed by atoms with E-state index < -0.39 is 0 Å². The molecule has 3 aromatic carbocycles. The Hall–Kier alpha value is -2.91. The van der Waals surface area contributed by atoms with Crippen LogP contribution in [0.1, 0.15) is 16.7 Å². The fourth-order valence-corrected chi connectivity index (χ4v) is 3.23. The zero-order chi connectivity index (χ0) is 18.1. The fraction of sp³-hybridized carbons (Fsp3) is 0.0455. The Morgan fingerprint density at radius 3 is 2.35 bits per heavy atom. The first kappa shape index (κ1) is 16.6. The molecule has 4 heteroatoms. The summed E-state index contributed by atoms with van der Waals surface area (Å²) in [5, 5.41) is 0.656. The number of carbonyl (C=O) groups is 1. The number of amides is 1. The van der Waals surface area contributed by atoms with Gasteiger partial charge in [-0.15, -0.1) is 0 Å². The van der Waals surface area contributed by atoms with Gasteiger partial charge in [-0.25, -0.2) is 4.39 Å². The minimum absolute atomic E-state index is 0.0644. The van der Waals surface area contributed by atoms with Gasteiger partial charge in [-0.1, -0.05) is 54.1 Å². The molecule has 0 aromatic heterocycles. The number of nitrogens with zero attached hydrogens (tertiary/aromatic N) is 1. The molecule has 0 aliphatic carbocycles. The second kappa shape index (κ2) is 6.77. The summed E-state index contributed by atoms with van der Waals surface area (Å²) in [5.41, 5.74) is 4.19. The number of benzene rings is 3. The minimum Gasteiger partial charge on any atom is -0.303 e. The van der Waals surface area contributed by atoms with Gasteiger partial charge in [0.05, 0.1) is 12.2 Å². The van der Waals surface area contributed by atoms with Crippen LogP contribution in [0, 0.1) is 5.82 Å². The molecule has 0 N–H and O–H groups in total. The van der Waals surface area contributed by atoms with Gasteiger partial charge in [-0.3, -0.25) is 4.79 Å². The number of fused-ring (bicyclic) bond motifs is 1. The zero-order valence-corrected chi connectivity index (χ0v) is 14.6. The van der Waals surface area contributed by atoms with Crippen molar-refractivity contribution >= 4 is 34.8 Å². The van der Waals surface area contributed by atoms with Crippen molar-refractivity contribution in [3.63, 3.8) is 0 Å². The van der Waals surface area contributed by atoms with Crippen molar-refractivity contribution < 1.29 is 9.18 Å². The summed E-state index contributed by atoms with van der Waals surface area (Å²) in [6, 6.07) is 21.3. The molecule has 0 spiro atoms. The molecule has 1 aliphatic rings. The van der Waals surface area contributed by atoms with E-state index in [4.69, 9.17) is 11.6 Å². The molecule has 0 saturated heterocycles. The topological polar surface area (TPSA) is 20.3 Å². The third-order valence-corrected chi connectivity index (χ3v) is 4.65. The first-order chi connectivity index (χ1) is 12.6. The van der Waals surface area contributed by atoms with Crippen LogP contribution in [0.5, 0.6) is 0 Å². The lowest BCUT2D eigenvalue weighted by molar-refractivity contribution is -0.113. The summed E-state index contributed by atoms with van der Waals surface area (Å²) in [4.78, 5) is 14.8. The lowest BCUT2D eigenvalue weighted by Crippen LogP contribution is -2.25. The van der Waals surface area contributed by atoms with Gasteiger partial charge in [0, 0.05) is 16.2 Å². The van der Waals surface area contributed by atoms with Gasteiger partial charge in [-0.2, -0.15) is 0 Å². The average Bonchev–Trinajstić information content (AvgIpc) is 2.91. The van der Waals surface area contributed by atoms with Gasteiger partial charge in [-0.05, 0) is 47.5 Å². The number of rotatable bonds is 3. The maximum Gasteiger partial charge on any atom is 0.259 e. The molecule has 1 heterocycles. The highest BCUT2D eigenvalue weighted by Crippen LogP contribution is 2.38. The summed E-state index contributed by atoms with van der Waals surface area (Å²) in [5.74, 6) is -0.351. The number of para-hydroxylation sites is 1. The van der Waals surface area contributed by atoms with Crippen LogP contribution in [0.15, 0.2) is 72.8 Å². The Morgan fingerprint density at radius 2 is 1.62 bits per heavy atom. The van der Waals surface area contributed by atoms with Crippen molar-refractivity contribution in [2.24, 2.45) is 0 Å². The van der Waals surface area contributed by atoms with Crippen LogP contribution in [0.4, 0.5) is 10.1 Å². The first-order valence-electron chi connectivity index (χ1n) is 8.25. The van der Waals surface area contributed by atoms with Gasteiger partial charge < -0.3 is 4.90 Å². The van der Waals surface area contributed by atoms with Crippen molar-refractivity contribution in [1.82, 2.24) is 0 Å². The van der Waals surface area contributed by atoms with E-state index >= 15 is 0 Å². The molecule has 0 atom stereocenters. The quantitative estimate of drug-likeness (QED) is 0.557. The maximum absolute atomic E-state index is 13.1. The van der Waals surface area contributed by atoms with Crippen LogP contribution in [0.25, 0.3) is 11.6 Å². The Labute approximate surface area is 156 Å². The zero-order valence-electron chi connectivity index (χ0n) is 13.8. The van der Waals surface area contributed by atoms with Gasteiger partial charge in [0.1, 0.15) is 5.82 Å². The Kier molecular flexibility index (Phi) is 4.31. The highest BCUT2D eigenvalue weighted by atomic mass is 35.5. The lowest BCUT2D eigenvalue weighted by atomic mass is 10.0. The van der Waals surface area contributed by atoms with E-state index in [9.17, 15) is 9.18 Å². The first-order valence-corrected chi connectivity index (χ1v) is 8.62. The maximum atomic E-state index is 13.1. The summed E-state index contributed by atoms with van der Waals surface area (Å²) in [6.45, 7) is 0.397. The molecule has 4 rings (SSSR count). The van der Waals surface area contributed by atoms with E-state index in [1.54, 1.807) is 29.2 Å². The third-order valence-electron chi connectivity index (χ3n) is 4.40. The van der Waals surface area contributed by atoms with Crippen LogP contribution < -0.4 is 4.90 Å². The van der Waals surface area contributed by atoms with E-state index in [0.29, 0.717) is 17.1 Å². The molecule has 0 fully saturated rings. The van der Waals surface area contributed by atoms with Crippen molar-refractivity contribution in [2.75, 3.05) is 4.90 Å². The minimum atomic E-state index is -0.287. The van der Waals surface area contributed by atoms with E-state index in [0.717, 1.165) is 22.4 Å². The monoisotopic (exact) mass is 363 g/mol. The van der Waals surface area contributed by atoms with Gasteiger partial charge in [0.2, 0.25) is 0 Å². The van der Waals surface area contributed by atoms with Crippen molar-refractivity contribution in [3.8, 4) is 0 Å². The number of anilines is 1. The Morgan fingerprint density at radius 1 is 0.923 bits per heavy atom. The van der Waals surface area contributed by atoms with E-state index in [-0.39, 0.29) is 11.7 Å². The SMILES string of the molecule is O=C1/C(=C\c2ccc(Cl)cc2)c2ccccc2N1Cc1ccc(F)cc1. The highest BCUT2D eigenvalue weighted by Gasteiger charge is 2.31. The Bertz CT molecular complexity index is 993. The number of halogens is 2. The van der Waals surface area contributed by atoms with Crippen molar-refractivity contribution in [3.05, 3.63) is 100 Å². The molecule has 0 unspecified atom stereocenters. The van der Waals surface area contributed by atoms with Crippen LogP contribution in [-0.2, 0) is 11.3 Å². The van der Waals surface area contributed by atoms with Gasteiger partial charge in [0.25, 0.3) is 5.91 Å². The van der Waals surface area contributed by atoms with E-state index in [2.05, 4.69) is 0 Å². The number of hydrogen-bond donors (Lipinski definition) is 0. The molecule has 0 radical (unpaired) electrons. The molecule has 0 saturated carbocycles. The average molecular weight is 364 g/mol. The van der Waals surface area contributed by atoms with E-state index in [1.807, 2.05) is 42.5 Å². The normalized spacial score (nSPS) is 14.8. The number of carbonyl (C=O) groups excluding carboxylic acids is 1. The predicted octanol–water partition coefficient (Wildman–Crippen LogP) is 5.57. The van der Waals surface area contributed by atoms with Crippen molar-refractivity contribution in [1.29, 1.82) is 0 Å². The third kappa shape index (κ3) is 3.14. The lowest BCUT2D eigenvalue weighted by Gasteiger charge is -2.17. The largest absolute Gasteiger partial charge is 0.303 e. The summed E-state index contributed by atoms with van der Waals surface area (Å²) in [6.07, 6.45) is 1.88. The fourth-order valence-electron chi connectivity index (χ4n) is 3.10.